The number of hydrogen-bond acceptors (Lipinski definition) is 4. The fraction of sp³-hybridized carbons (Fsp3) is 0.261. The van der Waals surface area contributed by atoms with Crippen LogP contribution in [0.15, 0.2) is 54.7 Å². The van der Waals surface area contributed by atoms with Gasteiger partial charge in [0.15, 0.2) is 0 Å². The van der Waals surface area contributed by atoms with Gasteiger partial charge in [-0.1, -0.05) is 30.3 Å². The summed E-state index contributed by atoms with van der Waals surface area (Å²) in [5.74, 6) is -0.722. The number of ether oxygens (including phenoxy) is 1. The molecule has 0 aliphatic carbocycles. The number of likely N-dealkylation sites (N-methyl/N-ethyl adjacent to an activating group) is 1. The van der Waals surface area contributed by atoms with Gasteiger partial charge in [-0.3, -0.25) is 9.59 Å². The molecule has 0 N–H and O–H groups in total. The Bertz CT molecular complexity index is 1030. The third kappa shape index (κ3) is 4.54. The molecule has 0 saturated heterocycles. The summed E-state index contributed by atoms with van der Waals surface area (Å²) in [6.45, 7) is 5.97. The van der Waals surface area contributed by atoms with Gasteiger partial charge < -0.3 is 9.64 Å². The predicted octanol–water partition coefficient (Wildman–Crippen LogP) is 3.79. The van der Waals surface area contributed by atoms with Crippen molar-refractivity contribution in [3.63, 3.8) is 0 Å². The second-order valence-corrected chi connectivity index (χ2v) is 6.94. The lowest BCUT2D eigenvalue weighted by Gasteiger charge is -2.16. The number of benzene rings is 2. The minimum Gasteiger partial charge on any atom is -0.465 e. The van der Waals surface area contributed by atoms with Gasteiger partial charge in [0, 0.05) is 18.8 Å². The lowest BCUT2D eigenvalue weighted by Crippen LogP contribution is -2.33. The summed E-state index contributed by atoms with van der Waals surface area (Å²) in [7, 11) is 1.59. The van der Waals surface area contributed by atoms with Crippen LogP contribution in [0.4, 0.5) is 0 Å². The van der Waals surface area contributed by atoms with E-state index in [4.69, 9.17) is 9.84 Å². The van der Waals surface area contributed by atoms with Crippen molar-refractivity contribution in [3.05, 3.63) is 71.4 Å². The number of carbonyl (C=O) groups is 2. The Hall–Kier alpha value is -3.41. The van der Waals surface area contributed by atoms with Crippen LogP contribution >= 0.6 is 0 Å². The normalized spacial score (nSPS) is 10.6. The number of aromatic nitrogens is 2. The minimum atomic E-state index is -0.438. The minimum absolute atomic E-state index is 0.116. The number of amides is 1. The Kier molecular flexibility index (Phi) is 6.12. The lowest BCUT2D eigenvalue weighted by atomic mass is 10.0. The molecule has 29 heavy (non-hydrogen) atoms. The van der Waals surface area contributed by atoms with E-state index in [9.17, 15) is 9.59 Å². The fourth-order valence-electron chi connectivity index (χ4n) is 3.02. The van der Waals surface area contributed by atoms with E-state index in [1.165, 1.54) is 10.5 Å². The van der Waals surface area contributed by atoms with Crippen LogP contribution in [0.1, 0.15) is 28.4 Å². The maximum atomic E-state index is 13.1. The highest BCUT2D eigenvalue weighted by Gasteiger charge is 2.23. The van der Waals surface area contributed by atoms with Crippen LogP contribution in [0.3, 0.4) is 0 Å². The Balaban J connectivity index is 2.04. The van der Waals surface area contributed by atoms with Crippen LogP contribution in [0, 0.1) is 13.8 Å². The molecule has 0 radical (unpaired) electrons. The van der Waals surface area contributed by atoms with Gasteiger partial charge in [-0.2, -0.15) is 5.10 Å². The molecule has 0 aliphatic heterocycles. The van der Waals surface area contributed by atoms with Crippen molar-refractivity contribution in [2.24, 2.45) is 0 Å². The van der Waals surface area contributed by atoms with E-state index < -0.39 is 5.97 Å². The quantitative estimate of drug-likeness (QED) is 0.600. The van der Waals surface area contributed by atoms with Crippen molar-refractivity contribution in [1.29, 1.82) is 0 Å². The third-order valence-electron chi connectivity index (χ3n) is 4.76. The monoisotopic (exact) mass is 391 g/mol. The molecule has 1 amide bonds. The summed E-state index contributed by atoms with van der Waals surface area (Å²) in [6, 6.07) is 15.6. The van der Waals surface area contributed by atoms with Crippen LogP contribution < -0.4 is 0 Å². The van der Waals surface area contributed by atoms with Crippen molar-refractivity contribution >= 4 is 11.9 Å². The summed E-state index contributed by atoms with van der Waals surface area (Å²) < 4.78 is 6.65. The van der Waals surface area contributed by atoms with Crippen LogP contribution in [0.2, 0.25) is 0 Å². The first-order valence-corrected chi connectivity index (χ1v) is 9.54. The number of rotatable bonds is 6. The van der Waals surface area contributed by atoms with Crippen molar-refractivity contribution < 1.29 is 14.3 Å². The Morgan fingerprint density at radius 3 is 2.45 bits per heavy atom. The molecular weight excluding hydrogens is 366 g/mol. The SMILES string of the molecule is CCOC(=O)CN(C)C(=O)c1cn(-c2ccccc2)nc1-c1ccc(C)c(C)c1. The van der Waals surface area contributed by atoms with Gasteiger partial charge in [0.05, 0.1) is 17.9 Å². The molecule has 0 saturated carbocycles. The van der Waals surface area contributed by atoms with Crippen molar-refractivity contribution in [2.75, 3.05) is 20.2 Å². The van der Waals surface area contributed by atoms with E-state index in [1.54, 1.807) is 24.9 Å². The Morgan fingerprint density at radius 1 is 1.07 bits per heavy atom. The number of para-hydroxylation sites is 1. The fourth-order valence-corrected chi connectivity index (χ4v) is 3.02. The maximum Gasteiger partial charge on any atom is 0.325 e. The van der Waals surface area contributed by atoms with Crippen LogP contribution in [-0.2, 0) is 9.53 Å². The molecule has 0 unspecified atom stereocenters. The molecular formula is C23H25N3O3. The standard InChI is InChI=1S/C23H25N3O3/c1-5-29-21(27)15-25(4)23(28)20-14-26(19-9-7-6-8-10-19)24-22(20)18-12-11-16(2)17(3)13-18/h6-14H,5,15H2,1-4H3. The number of esters is 1. The molecule has 0 spiro atoms. The highest BCUT2D eigenvalue weighted by atomic mass is 16.5. The first-order chi connectivity index (χ1) is 13.9. The van der Waals surface area contributed by atoms with E-state index in [2.05, 4.69) is 0 Å². The van der Waals surface area contributed by atoms with E-state index in [0.717, 1.165) is 16.8 Å². The maximum absolute atomic E-state index is 13.1. The molecule has 6 heteroatoms. The lowest BCUT2D eigenvalue weighted by molar-refractivity contribution is -0.143. The molecule has 3 rings (SSSR count). The first kappa shape index (κ1) is 20.3. The smallest absolute Gasteiger partial charge is 0.325 e. The number of hydrogen-bond donors (Lipinski definition) is 0. The molecule has 0 atom stereocenters. The topological polar surface area (TPSA) is 64.4 Å². The Labute approximate surface area is 170 Å². The van der Waals surface area contributed by atoms with E-state index in [0.29, 0.717) is 11.3 Å². The number of carbonyl (C=O) groups excluding carboxylic acids is 2. The molecule has 6 nitrogen and oxygen atoms in total. The highest BCUT2D eigenvalue weighted by Crippen LogP contribution is 2.26. The average Bonchev–Trinajstić information content (AvgIpc) is 3.15. The number of nitrogens with zero attached hydrogens (tertiary/aromatic N) is 3. The molecule has 0 fully saturated rings. The van der Waals surface area contributed by atoms with E-state index in [1.807, 2.05) is 62.4 Å². The number of aryl methyl sites for hydroxylation is 2. The van der Waals surface area contributed by atoms with Crippen molar-refractivity contribution in [2.45, 2.75) is 20.8 Å². The van der Waals surface area contributed by atoms with E-state index in [-0.39, 0.29) is 19.1 Å². The largest absolute Gasteiger partial charge is 0.465 e. The zero-order chi connectivity index (χ0) is 21.0. The van der Waals surface area contributed by atoms with Gasteiger partial charge in [-0.15, -0.1) is 0 Å². The molecule has 0 aliphatic rings. The van der Waals surface area contributed by atoms with Crippen LogP contribution in [0.25, 0.3) is 16.9 Å². The van der Waals surface area contributed by atoms with Crippen LogP contribution in [-0.4, -0.2) is 46.8 Å². The van der Waals surface area contributed by atoms with Crippen molar-refractivity contribution in [3.8, 4) is 16.9 Å². The zero-order valence-corrected chi connectivity index (χ0v) is 17.2. The second-order valence-electron chi connectivity index (χ2n) is 6.94. The molecule has 1 heterocycles. The van der Waals surface area contributed by atoms with Gasteiger partial charge in [0.2, 0.25) is 0 Å². The van der Waals surface area contributed by atoms with Crippen molar-refractivity contribution in [1.82, 2.24) is 14.7 Å². The van der Waals surface area contributed by atoms with Crippen LogP contribution in [0.5, 0.6) is 0 Å². The first-order valence-electron chi connectivity index (χ1n) is 9.54. The zero-order valence-electron chi connectivity index (χ0n) is 17.2. The second kappa shape index (κ2) is 8.73. The molecule has 2 aromatic carbocycles. The van der Waals surface area contributed by atoms with Gasteiger partial charge in [0.1, 0.15) is 12.2 Å². The average molecular weight is 391 g/mol. The summed E-state index contributed by atoms with van der Waals surface area (Å²) in [5.41, 5.74) is 5.01. The molecule has 3 aromatic rings. The summed E-state index contributed by atoms with van der Waals surface area (Å²) in [5, 5.41) is 4.69. The summed E-state index contributed by atoms with van der Waals surface area (Å²) in [4.78, 5) is 26.3. The summed E-state index contributed by atoms with van der Waals surface area (Å²) >= 11 is 0. The predicted molar refractivity (Wildman–Crippen MR) is 112 cm³/mol. The molecule has 0 bridgehead atoms. The molecule has 1 aromatic heterocycles. The van der Waals surface area contributed by atoms with Gasteiger partial charge >= 0.3 is 5.97 Å². The van der Waals surface area contributed by atoms with Gasteiger partial charge in [0.25, 0.3) is 5.91 Å². The highest BCUT2D eigenvalue weighted by molar-refractivity contribution is 6.01. The van der Waals surface area contributed by atoms with E-state index >= 15 is 0 Å². The van der Waals surface area contributed by atoms with Gasteiger partial charge in [-0.25, -0.2) is 4.68 Å². The Morgan fingerprint density at radius 2 is 1.79 bits per heavy atom. The third-order valence-corrected chi connectivity index (χ3v) is 4.76. The summed E-state index contributed by atoms with van der Waals surface area (Å²) in [6.07, 6.45) is 1.71. The van der Waals surface area contributed by atoms with Gasteiger partial charge in [-0.05, 0) is 50.1 Å². The molecule has 150 valence electrons.